The molecular formula is C23H26F2N2. The Morgan fingerprint density at radius 2 is 1.44 bits per heavy atom. The summed E-state index contributed by atoms with van der Waals surface area (Å²) in [4.78, 5) is 2.25. The van der Waals surface area contributed by atoms with E-state index in [0.29, 0.717) is 36.7 Å². The molecule has 0 aliphatic carbocycles. The number of benzene rings is 2. The van der Waals surface area contributed by atoms with Gasteiger partial charge in [-0.15, -0.1) is 0 Å². The minimum absolute atomic E-state index is 0.173. The van der Waals surface area contributed by atoms with Gasteiger partial charge in [-0.25, -0.2) is 8.78 Å². The summed E-state index contributed by atoms with van der Waals surface area (Å²) in [5.41, 5.74) is 2.46. The molecule has 3 rings (SSSR count). The molecule has 4 heteroatoms. The van der Waals surface area contributed by atoms with Gasteiger partial charge >= 0.3 is 0 Å². The first kappa shape index (κ1) is 19.3. The molecule has 3 aromatic rings. The Hall–Kier alpha value is -2.46. The van der Waals surface area contributed by atoms with Crippen LogP contribution in [0.5, 0.6) is 0 Å². The van der Waals surface area contributed by atoms with Gasteiger partial charge in [-0.1, -0.05) is 50.2 Å². The molecule has 1 aromatic heterocycles. The third-order valence-electron chi connectivity index (χ3n) is 4.58. The molecule has 142 valence electrons. The van der Waals surface area contributed by atoms with Gasteiger partial charge in [0.25, 0.3) is 0 Å². The highest BCUT2D eigenvalue weighted by atomic mass is 19.1. The Balaban J connectivity index is 1.77. The number of hydrogen-bond acceptors (Lipinski definition) is 1. The zero-order valence-electron chi connectivity index (χ0n) is 15.9. The smallest absolute Gasteiger partial charge is 0.128 e. The largest absolute Gasteiger partial charge is 0.346 e. The summed E-state index contributed by atoms with van der Waals surface area (Å²) in [6.07, 6.45) is 1.97. The van der Waals surface area contributed by atoms with Gasteiger partial charge in [-0.05, 0) is 30.2 Å². The standard InChI is InChI=1S/C23H26F2N2/c1-18(2)14-26(15-19-8-3-5-11-22(19)24)17-21-10-7-13-27(21)16-20-9-4-6-12-23(20)25/h3-13,18H,14-17H2,1-2H3. The Labute approximate surface area is 160 Å². The van der Waals surface area contributed by atoms with Crippen LogP contribution in [0.15, 0.2) is 66.9 Å². The van der Waals surface area contributed by atoms with Crippen molar-refractivity contribution in [2.24, 2.45) is 5.92 Å². The number of hydrogen-bond donors (Lipinski definition) is 0. The summed E-state index contributed by atoms with van der Waals surface area (Å²) < 4.78 is 30.2. The van der Waals surface area contributed by atoms with Crippen LogP contribution in [0.2, 0.25) is 0 Å². The van der Waals surface area contributed by atoms with E-state index in [-0.39, 0.29) is 11.6 Å². The van der Waals surface area contributed by atoms with Gasteiger partial charge in [0.15, 0.2) is 0 Å². The predicted molar refractivity (Wildman–Crippen MR) is 105 cm³/mol. The summed E-state index contributed by atoms with van der Waals surface area (Å²) in [5, 5.41) is 0. The fourth-order valence-electron chi connectivity index (χ4n) is 3.36. The molecule has 0 N–H and O–H groups in total. The average Bonchev–Trinajstić information content (AvgIpc) is 3.05. The van der Waals surface area contributed by atoms with Crippen molar-refractivity contribution in [3.63, 3.8) is 0 Å². The van der Waals surface area contributed by atoms with Crippen molar-refractivity contribution in [3.05, 3.63) is 95.3 Å². The number of aromatic nitrogens is 1. The molecule has 0 atom stereocenters. The van der Waals surface area contributed by atoms with Crippen molar-refractivity contribution >= 4 is 0 Å². The molecule has 0 saturated carbocycles. The van der Waals surface area contributed by atoms with Gasteiger partial charge in [-0.2, -0.15) is 0 Å². The summed E-state index contributed by atoms with van der Waals surface area (Å²) in [6, 6.07) is 17.8. The van der Waals surface area contributed by atoms with E-state index in [1.165, 1.54) is 12.1 Å². The third-order valence-corrected chi connectivity index (χ3v) is 4.58. The topological polar surface area (TPSA) is 8.17 Å². The molecule has 0 unspecified atom stereocenters. The SMILES string of the molecule is CC(C)CN(Cc1ccccc1F)Cc1cccn1Cc1ccccc1F. The molecule has 2 nitrogen and oxygen atoms in total. The van der Waals surface area contributed by atoms with E-state index in [4.69, 9.17) is 0 Å². The molecule has 0 spiro atoms. The lowest BCUT2D eigenvalue weighted by Gasteiger charge is -2.25. The Morgan fingerprint density at radius 1 is 0.815 bits per heavy atom. The predicted octanol–water partition coefficient (Wildman–Crippen LogP) is 5.47. The van der Waals surface area contributed by atoms with Crippen molar-refractivity contribution < 1.29 is 8.78 Å². The maximum Gasteiger partial charge on any atom is 0.128 e. The van der Waals surface area contributed by atoms with E-state index in [9.17, 15) is 8.78 Å². The van der Waals surface area contributed by atoms with Crippen LogP contribution in [0, 0.1) is 17.6 Å². The lowest BCUT2D eigenvalue weighted by molar-refractivity contribution is 0.220. The van der Waals surface area contributed by atoms with Gasteiger partial charge < -0.3 is 4.57 Å². The van der Waals surface area contributed by atoms with Crippen LogP contribution in [0.25, 0.3) is 0 Å². The molecule has 1 heterocycles. The molecular weight excluding hydrogens is 342 g/mol. The van der Waals surface area contributed by atoms with Crippen molar-refractivity contribution in [3.8, 4) is 0 Å². The number of nitrogens with zero attached hydrogens (tertiary/aromatic N) is 2. The van der Waals surface area contributed by atoms with E-state index < -0.39 is 0 Å². The Morgan fingerprint density at radius 3 is 2.07 bits per heavy atom. The highest BCUT2D eigenvalue weighted by molar-refractivity contribution is 5.20. The zero-order valence-corrected chi connectivity index (χ0v) is 15.9. The van der Waals surface area contributed by atoms with Crippen LogP contribution in [0.1, 0.15) is 30.7 Å². The van der Waals surface area contributed by atoms with Crippen LogP contribution < -0.4 is 0 Å². The molecule has 0 fully saturated rings. The van der Waals surface area contributed by atoms with Crippen molar-refractivity contribution in [1.29, 1.82) is 0 Å². The van der Waals surface area contributed by atoms with Crippen molar-refractivity contribution in [2.75, 3.05) is 6.54 Å². The lowest BCUT2D eigenvalue weighted by atomic mass is 10.1. The Bertz CT molecular complexity index is 870. The highest BCUT2D eigenvalue weighted by Crippen LogP contribution is 2.17. The van der Waals surface area contributed by atoms with Crippen molar-refractivity contribution in [1.82, 2.24) is 9.47 Å². The molecule has 0 aliphatic rings. The fraction of sp³-hybridized carbons (Fsp3) is 0.304. The maximum absolute atomic E-state index is 14.1. The first-order chi connectivity index (χ1) is 13.0. The summed E-state index contributed by atoms with van der Waals surface area (Å²) >= 11 is 0. The first-order valence-corrected chi connectivity index (χ1v) is 9.36. The lowest BCUT2D eigenvalue weighted by Crippen LogP contribution is -2.28. The van der Waals surface area contributed by atoms with Crippen LogP contribution in [0.3, 0.4) is 0 Å². The van der Waals surface area contributed by atoms with E-state index in [1.54, 1.807) is 12.1 Å². The number of rotatable bonds is 8. The average molecular weight is 368 g/mol. The normalized spacial score (nSPS) is 11.5. The van der Waals surface area contributed by atoms with Crippen LogP contribution in [-0.2, 0) is 19.6 Å². The van der Waals surface area contributed by atoms with Crippen LogP contribution in [0.4, 0.5) is 8.78 Å². The molecule has 0 saturated heterocycles. The summed E-state index contributed by atoms with van der Waals surface area (Å²) in [6.45, 7) is 6.91. The van der Waals surface area contributed by atoms with Gasteiger partial charge in [-0.3, -0.25) is 4.90 Å². The van der Waals surface area contributed by atoms with E-state index in [1.807, 2.05) is 36.5 Å². The van der Waals surface area contributed by atoms with Gasteiger partial charge in [0.2, 0.25) is 0 Å². The Kier molecular flexibility index (Phi) is 6.40. The molecule has 0 aliphatic heterocycles. The molecule has 2 aromatic carbocycles. The highest BCUT2D eigenvalue weighted by Gasteiger charge is 2.14. The minimum atomic E-state index is -0.192. The first-order valence-electron chi connectivity index (χ1n) is 9.36. The quantitative estimate of drug-likeness (QED) is 0.512. The van der Waals surface area contributed by atoms with Gasteiger partial charge in [0.05, 0.1) is 6.54 Å². The third kappa shape index (κ3) is 5.27. The van der Waals surface area contributed by atoms with E-state index in [0.717, 1.165) is 12.2 Å². The summed E-state index contributed by atoms with van der Waals surface area (Å²) in [5.74, 6) is 0.0993. The van der Waals surface area contributed by atoms with E-state index in [2.05, 4.69) is 29.4 Å². The second-order valence-electron chi connectivity index (χ2n) is 7.37. The number of halogens is 2. The monoisotopic (exact) mass is 368 g/mol. The fourth-order valence-corrected chi connectivity index (χ4v) is 3.36. The van der Waals surface area contributed by atoms with Crippen LogP contribution in [-0.4, -0.2) is 16.0 Å². The van der Waals surface area contributed by atoms with E-state index >= 15 is 0 Å². The molecule has 0 amide bonds. The second kappa shape index (κ2) is 8.96. The second-order valence-corrected chi connectivity index (χ2v) is 7.37. The zero-order chi connectivity index (χ0) is 19.2. The molecule has 0 bridgehead atoms. The van der Waals surface area contributed by atoms with Crippen molar-refractivity contribution in [2.45, 2.75) is 33.5 Å². The minimum Gasteiger partial charge on any atom is -0.346 e. The van der Waals surface area contributed by atoms with Gasteiger partial charge in [0, 0.05) is 42.7 Å². The maximum atomic E-state index is 14.1. The van der Waals surface area contributed by atoms with Crippen LogP contribution >= 0.6 is 0 Å². The molecule has 0 radical (unpaired) electrons. The summed E-state index contributed by atoms with van der Waals surface area (Å²) in [7, 11) is 0. The molecule has 27 heavy (non-hydrogen) atoms. The van der Waals surface area contributed by atoms with Gasteiger partial charge in [0.1, 0.15) is 11.6 Å².